The van der Waals surface area contributed by atoms with Gasteiger partial charge in [0.15, 0.2) is 0 Å². The Kier molecular flexibility index (Phi) is 4.05. The molecule has 0 bridgehead atoms. The molecule has 1 atom stereocenters. The van der Waals surface area contributed by atoms with Gasteiger partial charge in [0.25, 0.3) is 0 Å². The Morgan fingerprint density at radius 2 is 2.13 bits per heavy atom. The second-order valence-electron chi connectivity index (χ2n) is 3.70. The maximum Gasteiger partial charge on any atom is 0.146 e. The molecule has 3 nitrogen and oxygen atoms in total. The van der Waals surface area contributed by atoms with E-state index in [-0.39, 0.29) is 5.82 Å². The summed E-state index contributed by atoms with van der Waals surface area (Å²) in [4.78, 5) is 1.69. The molecule has 0 radical (unpaired) electrons. The molecule has 0 aliphatic rings. The lowest BCUT2D eigenvalue weighted by molar-refractivity contribution is 0.170. The molecule has 4 heteroatoms. The molecule has 15 heavy (non-hydrogen) atoms. The van der Waals surface area contributed by atoms with Crippen LogP contribution in [-0.4, -0.2) is 25.7 Å². The Bertz CT molecular complexity index is 328. The van der Waals surface area contributed by atoms with Crippen LogP contribution in [0.2, 0.25) is 0 Å². The van der Waals surface area contributed by atoms with Gasteiger partial charge < -0.3 is 15.7 Å². The highest BCUT2D eigenvalue weighted by molar-refractivity contribution is 5.48. The quantitative estimate of drug-likeness (QED) is 0.790. The molecule has 1 aromatic carbocycles. The zero-order valence-electron chi connectivity index (χ0n) is 9.07. The summed E-state index contributed by atoms with van der Waals surface area (Å²) < 4.78 is 13.5. The summed E-state index contributed by atoms with van der Waals surface area (Å²) in [7, 11) is 3.54. The number of rotatable bonds is 4. The molecule has 1 rings (SSSR count). The van der Waals surface area contributed by atoms with E-state index in [1.54, 1.807) is 31.1 Å². The molecule has 1 aromatic rings. The summed E-state index contributed by atoms with van der Waals surface area (Å²) >= 11 is 0. The van der Waals surface area contributed by atoms with E-state index in [1.807, 2.05) is 0 Å². The van der Waals surface area contributed by atoms with Crippen LogP contribution >= 0.6 is 0 Å². The van der Waals surface area contributed by atoms with Gasteiger partial charge in [-0.25, -0.2) is 4.39 Å². The number of aliphatic hydroxyl groups excluding tert-OH is 1. The van der Waals surface area contributed by atoms with Crippen LogP contribution in [0.5, 0.6) is 0 Å². The second-order valence-corrected chi connectivity index (χ2v) is 3.70. The number of nitrogens with zero attached hydrogens (tertiary/aromatic N) is 1. The lowest BCUT2D eigenvalue weighted by atomic mass is 10.1. The van der Waals surface area contributed by atoms with Gasteiger partial charge >= 0.3 is 0 Å². The van der Waals surface area contributed by atoms with Crippen LogP contribution in [-0.2, 0) is 0 Å². The summed E-state index contributed by atoms with van der Waals surface area (Å²) in [6.07, 6.45) is -0.235. The van der Waals surface area contributed by atoms with Crippen LogP contribution in [0, 0.1) is 5.82 Å². The standard InChI is InChI=1S/C11H17FN2O/c1-14(2)10-4-3-8(7-9(10)12)11(15)5-6-13/h3-4,7,11,15H,5-6,13H2,1-2H3/t11-/m0/s1. The van der Waals surface area contributed by atoms with Crippen molar-refractivity contribution in [3.05, 3.63) is 29.6 Å². The third kappa shape index (κ3) is 2.91. The highest BCUT2D eigenvalue weighted by atomic mass is 19.1. The SMILES string of the molecule is CN(C)c1ccc([C@@H](O)CCN)cc1F. The predicted octanol–water partition coefficient (Wildman–Crippen LogP) is 1.27. The van der Waals surface area contributed by atoms with Crippen molar-refractivity contribution < 1.29 is 9.50 Å². The van der Waals surface area contributed by atoms with E-state index in [4.69, 9.17) is 5.73 Å². The minimum absolute atomic E-state index is 0.325. The van der Waals surface area contributed by atoms with Crippen LogP contribution in [0.4, 0.5) is 10.1 Å². The normalized spacial score (nSPS) is 12.6. The molecule has 0 aromatic heterocycles. The van der Waals surface area contributed by atoms with E-state index in [0.717, 1.165) is 0 Å². The molecule has 84 valence electrons. The van der Waals surface area contributed by atoms with Crippen LogP contribution in [0.1, 0.15) is 18.1 Å². The highest BCUT2D eigenvalue weighted by Gasteiger charge is 2.10. The topological polar surface area (TPSA) is 49.5 Å². The van der Waals surface area contributed by atoms with Gasteiger partial charge in [0, 0.05) is 14.1 Å². The van der Waals surface area contributed by atoms with Gasteiger partial charge in [0.1, 0.15) is 5.82 Å². The van der Waals surface area contributed by atoms with Crippen molar-refractivity contribution in [1.29, 1.82) is 0 Å². The maximum atomic E-state index is 13.5. The van der Waals surface area contributed by atoms with E-state index >= 15 is 0 Å². The number of hydrogen-bond donors (Lipinski definition) is 2. The molecule has 0 saturated carbocycles. The monoisotopic (exact) mass is 212 g/mol. The minimum atomic E-state index is -0.680. The van der Waals surface area contributed by atoms with Crippen molar-refractivity contribution in [3.8, 4) is 0 Å². The van der Waals surface area contributed by atoms with Crippen LogP contribution in [0.25, 0.3) is 0 Å². The third-order valence-corrected chi connectivity index (χ3v) is 2.28. The van der Waals surface area contributed by atoms with Crippen LogP contribution in [0.15, 0.2) is 18.2 Å². The van der Waals surface area contributed by atoms with Gasteiger partial charge in [-0.2, -0.15) is 0 Å². The van der Waals surface area contributed by atoms with Gasteiger partial charge in [-0.15, -0.1) is 0 Å². The van der Waals surface area contributed by atoms with Crippen molar-refractivity contribution in [2.75, 3.05) is 25.5 Å². The Balaban J connectivity index is 2.91. The number of hydrogen-bond acceptors (Lipinski definition) is 3. The van der Waals surface area contributed by atoms with E-state index in [1.165, 1.54) is 6.07 Å². The number of nitrogens with two attached hydrogens (primary N) is 1. The zero-order chi connectivity index (χ0) is 11.4. The molecule has 0 fully saturated rings. The zero-order valence-corrected chi connectivity index (χ0v) is 9.07. The average Bonchev–Trinajstić information content (AvgIpc) is 2.17. The Morgan fingerprint density at radius 3 is 2.60 bits per heavy atom. The molecule has 0 saturated heterocycles. The number of aliphatic hydroxyl groups is 1. The number of halogens is 1. The molecular formula is C11H17FN2O. The molecule has 0 aliphatic heterocycles. The maximum absolute atomic E-state index is 13.5. The fourth-order valence-corrected chi connectivity index (χ4v) is 1.42. The summed E-state index contributed by atoms with van der Waals surface area (Å²) in [5.41, 5.74) is 6.41. The van der Waals surface area contributed by atoms with Crippen LogP contribution in [0.3, 0.4) is 0 Å². The minimum Gasteiger partial charge on any atom is -0.388 e. The molecular weight excluding hydrogens is 195 g/mol. The third-order valence-electron chi connectivity index (χ3n) is 2.28. The first-order chi connectivity index (χ1) is 7.06. The van der Waals surface area contributed by atoms with Crippen molar-refractivity contribution in [2.45, 2.75) is 12.5 Å². The van der Waals surface area contributed by atoms with E-state index in [0.29, 0.717) is 24.2 Å². The van der Waals surface area contributed by atoms with E-state index < -0.39 is 6.10 Å². The highest BCUT2D eigenvalue weighted by Crippen LogP contribution is 2.23. The largest absolute Gasteiger partial charge is 0.388 e. The van der Waals surface area contributed by atoms with Gasteiger partial charge in [-0.1, -0.05) is 6.07 Å². The first kappa shape index (κ1) is 11.9. The molecule has 0 unspecified atom stereocenters. The Hall–Kier alpha value is -1.13. The fourth-order valence-electron chi connectivity index (χ4n) is 1.42. The van der Waals surface area contributed by atoms with Crippen molar-refractivity contribution in [3.63, 3.8) is 0 Å². The summed E-state index contributed by atoms with van der Waals surface area (Å²) in [5.74, 6) is -0.325. The van der Waals surface area contributed by atoms with Crippen molar-refractivity contribution in [1.82, 2.24) is 0 Å². The molecule has 0 heterocycles. The predicted molar refractivity (Wildman–Crippen MR) is 59.4 cm³/mol. The van der Waals surface area contributed by atoms with Crippen molar-refractivity contribution >= 4 is 5.69 Å². The summed E-state index contributed by atoms with van der Waals surface area (Å²) in [5, 5.41) is 9.61. The molecule has 0 aliphatic carbocycles. The Labute approximate surface area is 89.3 Å². The molecule has 3 N–H and O–H groups in total. The number of anilines is 1. The van der Waals surface area contributed by atoms with Gasteiger partial charge in [0.05, 0.1) is 11.8 Å². The van der Waals surface area contributed by atoms with E-state index in [9.17, 15) is 9.50 Å². The summed E-state index contributed by atoms with van der Waals surface area (Å²) in [6, 6.07) is 4.73. The first-order valence-corrected chi connectivity index (χ1v) is 4.91. The molecule has 0 amide bonds. The van der Waals surface area contributed by atoms with E-state index in [2.05, 4.69) is 0 Å². The number of benzene rings is 1. The van der Waals surface area contributed by atoms with Gasteiger partial charge in [-0.05, 0) is 30.7 Å². The van der Waals surface area contributed by atoms with Crippen molar-refractivity contribution in [2.24, 2.45) is 5.73 Å². The second kappa shape index (κ2) is 5.09. The fraction of sp³-hybridized carbons (Fsp3) is 0.455. The lowest BCUT2D eigenvalue weighted by Gasteiger charge is -2.16. The first-order valence-electron chi connectivity index (χ1n) is 4.91. The van der Waals surface area contributed by atoms with Gasteiger partial charge in [0.2, 0.25) is 0 Å². The smallest absolute Gasteiger partial charge is 0.146 e. The van der Waals surface area contributed by atoms with Gasteiger partial charge in [-0.3, -0.25) is 0 Å². The Morgan fingerprint density at radius 1 is 1.47 bits per heavy atom. The molecule has 0 spiro atoms. The average molecular weight is 212 g/mol. The van der Waals surface area contributed by atoms with Crippen LogP contribution < -0.4 is 10.6 Å². The lowest BCUT2D eigenvalue weighted by Crippen LogP contribution is -2.12. The summed E-state index contributed by atoms with van der Waals surface area (Å²) in [6.45, 7) is 0.387.